The van der Waals surface area contributed by atoms with Crippen LogP contribution in [0.4, 0.5) is 11.4 Å². The highest BCUT2D eigenvalue weighted by atomic mass is 16.6. The minimum atomic E-state index is -0.471. The molecule has 0 unspecified atom stereocenters. The first-order chi connectivity index (χ1) is 7.11. The summed E-state index contributed by atoms with van der Waals surface area (Å²) in [7, 11) is 1.46. The largest absolute Gasteiger partial charge is 0.495 e. The van der Waals surface area contributed by atoms with Crippen molar-refractivity contribution >= 4 is 11.4 Å². The van der Waals surface area contributed by atoms with Crippen LogP contribution in [-0.2, 0) is 6.42 Å². The predicted octanol–water partition coefficient (Wildman–Crippen LogP) is 0.687. The van der Waals surface area contributed by atoms with E-state index in [1.807, 2.05) is 0 Å². The standard InChI is InChI=1S/C9H13N3O3/c1-15-8-3-2-7(12(13)14)6(4-5-10)9(8)11/h2-3H,4-5,10-11H2,1H3. The zero-order valence-corrected chi connectivity index (χ0v) is 8.40. The van der Waals surface area contributed by atoms with Gasteiger partial charge in [0.1, 0.15) is 5.75 Å². The fourth-order valence-electron chi connectivity index (χ4n) is 1.39. The van der Waals surface area contributed by atoms with Crippen LogP contribution in [-0.4, -0.2) is 18.6 Å². The Hall–Kier alpha value is -1.82. The number of rotatable bonds is 4. The van der Waals surface area contributed by atoms with Gasteiger partial charge in [0.15, 0.2) is 0 Å². The summed E-state index contributed by atoms with van der Waals surface area (Å²) in [5, 5.41) is 10.7. The molecule has 0 radical (unpaired) electrons. The Labute approximate surface area is 87.0 Å². The molecule has 0 amide bonds. The van der Waals surface area contributed by atoms with Gasteiger partial charge < -0.3 is 16.2 Å². The molecule has 0 fully saturated rings. The van der Waals surface area contributed by atoms with Crippen LogP contribution in [0.25, 0.3) is 0 Å². The van der Waals surface area contributed by atoms with Gasteiger partial charge in [0.25, 0.3) is 5.69 Å². The Morgan fingerprint density at radius 2 is 2.20 bits per heavy atom. The second kappa shape index (κ2) is 4.61. The van der Waals surface area contributed by atoms with Gasteiger partial charge >= 0.3 is 0 Å². The van der Waals surface area contributed by atoms with E-state index in [1.165, 1.54) is 19.2 Å². The van der Waals surface area contributed by atoms with E-state index < -0.39 is 4.92 Å². The molecular weight excluding hydrogens is 198 g/mol. The highest BCUT2D eigenvalue weighted by molar-refractivity contribution is 5.66. The molecule has 0 aliphatic carbocycles. The van der Waals surface area contributed by atoms with E-state index >= 15 is 0 Å². The molecule has 4 N–H and O–H groups in total. The molecule has 0 heterocycles. The van der Waals surface area contributed by atoms with Crippen LogP contribution in [0.3, 0.4) is 0 Å². The van der Waals surface area contributed by atoms with Crippen molar-refractivity contribution in [2.24, 2.45) is 5.73 Å². The van der Waals surface area contributed by atoms with Gasteiger partial charge in [-0.3, -0.25) is 10.1 Å². The molecule has 15 heavy (non-hydrogen) atoms. The van der Waals surface area contributed by atoms with E-state index in [9.17, 15) is 10.1 Å². The van der Waals surface area contributed by atoms with Crippen LogP contribution in [0.15, 0.2) is 12.1 Å². The number of anilines is 1. The van der Waals surface area contributed by atoms with Crippen molar-refractivity contribution in [3.8, 4) is 5.75 Å². The lowest BCUT2D eigenvalue weighted by Crippen LogP contribution is -2.09. The van der Waals surface area contributed by atoms with E-state index in [0.717, 1.165) is 0 Å². The van der Waals surface area contributed by atoms with Crippen molar-refractivity contribution < 1.29 is 9.66 Å². The molecule has 82 valence electrons. The number of methoxy groups -OCH3 is 1. The smallest absolute Gasteiger partial charge is 0.274 e. The molecule has 0 bridgehead atoms. The quantitative estimate of drug-likeness (QED) is 0.433. The zero-order chi connectivity index (χ0) is 11.4. The molecule has 0 aromatic heterocycles. The topological polar surface area (TPSA) is 104 Å². The molecule has 1 aromatic rings. The zero-order valence-electron chi connectivity index (χ0n) is 8.40. The molecule has 0 saturated heterocycles. The van der Waals surface area contributed by atoms with Gasteiger partial charge in [-0.25, -0.2) is 0 Å². The number of nitro groups is 1. The maximum absolute atomic E-state index is 10.7. The van der Waals surface area contributed by atoms with E-state index in [1.54, 1.807) is 0 Å². The lowest BCUT2D eigenvalue weighted by Gasteiger charge is -2.09. The summed E-state index contributed by atoms with van der Waals surface area (Å²) < 4.78 is 4.98. The third-order valence-corrected chi connectivity index (χ3v) is 2.10. The van der Waals surface area contributed by atoms with Crippen molar-refractivity contribution in [3.05, 3.63) is 27.8 Å². The minimum Gasteiger partial charge on any atom is -0.495 e. The second-order valence-corrected chi connectivity index (χ2v) is 2.97. The van der Waals surface area contributed by atoms with Crippen LogP contribution < -0.4 is 16.2 Å². The summed E-state index contributed by atoms with van der Waals surface area (Å²) in [4.78, 5) is 10.2. The van der Waals surface area contributed by atoms with E-state index in [0.29, 0.717) is 24.3 Å². The monoisotopic (exact) mass is 211 g/mol. The predicted molar refractivity (Wildman–Crippen MR) is 56.8 cm³/mol. The van der Waals surface area contributed by atoms with Gasteiger partial charge in [-0.05, 0) is 19.0 Å². The van der Waals surface area contributed by atoms with Crippen LogP contribution in [0, 0.1) is 10.1 Å². The van der Waals surface area contributed by atoms with Crippen molar-refractivity contribution in [1.82, 2.24) is 0 Å². The second-order valence-electron chi connectivity index (χ2n) is 2.97. The molecule has 0 spiro atoms. The van der Waals surface area contributed by atoms with Crippen LogP contribution in [0.5, 0.6) is 5.75 Å². The van der Waals surface area contributed by atoms with Gasteiger partial charge in [-0.15, -0.1) is 0 Å². The first-order valence-electron chi connectivity index (χ1n) is 4.41. The highest BCUT2D eigenvalue weighted by Crippen LogP contribution is 2.32. The Bertz CT molecular complexity index is 379. The highest BCUT2D eigenvalue weighted by Gasteiger charge is 2.18. The average molecular weight is 211 g/mol. The van der Waals surface area contributed by atoms with Crippen LogP contribution in [0.2, 0.25) is 0 Å². The van der Waals surface area contributed by atoms with Crippen LogP contribution >= 0.6 is 0 Å². The van der Waals surface area contributed by atoms with Crippen molar-refractivity contribution in [2.75, 3.05) is 19.4 Å². The van der Waals surface area contributed by atoms with Crippen molar-refractivity contribution in [1.29, 1.82) is 0 Å². The molecule has 0 atom stereocenters. The molecular formula is C9H13N3O3. The fraction of sp³-hybridized carbons (Fsp3) is 0.333. The summed E-state index contributed by atoms with van der Waals surface area (Å²) in [5.74, 6) is 0.434. The lowest BCUT2D eigenvalue weighted by atomic mass is 10.1. The third-order valence-electron chi connectivity index (χ3n) is 2.10. The van der Waals surface area contributed by atoms with E-state index in [2.05, 4.69) is 0 Å². The first-order valence-corrected chi connectivity index (χ1v) is 4.41. The minimum absolute atomic E-state index is 0.0150. The summed E-state index contributed by atoms with van der Waals surface area (Å²) >= 11 is 0. The summed E-state index contributed by atoms with van der Waals surface area (Å²) in [6.45, 7) is 0.304. The Balaban J connectivity index is 3.30. The maximum atomic E-state index is 10.7. The Morgan fingerprint density at radius 1 is 1.53 bits per heavy atom. The average Bonchev–Trinajstić information content (AvgIpc) is 2.20. The number of hydrogen-bond donors (Lipinski definition) is 2. The number of nitro benzene ring substituents is 1. The number of hydrogen-bond acceptors (Lipinski definition) is 5. The van der Waals surface area contributed by atoms with Crippen molar-refractivity contribution in [3.63, 3.8) is 0 Å². The number of nitrogens with two attached hydrogens (primary N) is 2. The van der Waals surface area contributed by atoms with E-state index in [4.69, 9.17) is 16.2 Å². The SMILES string of the molecule is COc1ccc([N+](=O)[O-])c(CCN)c1N. The molecule has 0 saturated carbocycles. The normalized spacial score (nSPS) is 10.0. The fourth-order valence-corrected chi connectivity index (χ4v) is 1.39. The number of ether oxygens (including phenoxy) is 1. The van der Waals surface area contributed by atoms with Crippen molar-refractivity contribution in [2.45, 2.75) is 6.42 Å². The Morgan fingerprint density at radius 3 is 2.67 bits per heavy atom. The van der Waals surface area contributed by atoms with E-state index in [-0.39, 0.29) is 11.4 Å². The van der Waals surface area contributed by atoms with Gasteiger partial charge in [-0.1, -0.05) is 0 Å². The molecule has 1 aromatic carbocycles. The summed E-state index contributed by atoms with van der Waals surface area (Å²) in [6.07, 6.45) is 0.360. The molecule has 0 aliphatic rings. The Kier molecular flexibility index (Phi) is 3.46. The third kappa shape index (κ3) is 2.16. The lowest BCUT2D eigenvalue weighted by molar-refractivity contribution is -0.385. The van der Waals surface area contributed by atoms with Gasteiger partial charge in [-0.2, -0.15) is 0 Å². The summed E-state index contributed by atoms with van der Waals surface area (Å²) in [5.41, 5.74) is 11.8. The molecule has 1 rings (SSSR count). The molecule has 6 heteroatoms. The number of benzene rings is 1. The van der Waals surface area contributed by atoms with Crippen LogP contribution in [0.1, 0.15) is 5.56 Å². The van der Waals surface area contributed by atoms with Gasteiger partial charge in [0.2, 0.25) is 0 Å². The van der Waals surface area contributed by atoms with Gasteiger partial charge in [0.05, 0.1) is 23.3 Å². The maximum Gasteiger partial charge on any atom is 0.274 e. The first kappa shape index (κ1) is 11.3. The molecule has 6 nitrogen and oxygen atoms in total. The molecule has 0 aliphatic heterocycles. The number of nitrogen functional groups attached to an aromatic ring is 1. The number of nitrogens with zero attached hydrogens (tertiary/aromatic N) is 1. The summed E-state index contributed by atoms with van der Waals surface area (Å²) in [6, 6.07) is 2.85. The van der Waals surface area contributed by atoms with Gasteiger partial charge in [0, 0.05) is 6.07 Å².